The number of carbonyl (C=O) groups excluding carboxylic acids is 1. The van der Waals surface area contributed by atoms with E-state index in [9.17, 15) is 9.35 Å². The van der Waals surface area contributed by atoms with Gasteiger partial charge in [-0.25, -0.2) is 0 Å². The van der Waals surface area contributed by atoms with E-state index >= 15 is 0 Å². The van der Waals surface area contributed by atoms with Gasteiger partial charge in [0.2, 0.25) is 0 Å². The molecule has 2 heterocycles. The van der Waals surface area contributed by atoms with Crippen LogP contribution in [-0.4, -0.2) is 58.3 Å². The molecule has 196 valence electrons. The summed E-state index contributed by atoms with van der Waals surface area (Å²) in [6, 6.07) is 3.58. The van der Waals surface area contributed by atoms with Gasteiger partial charge in [0, 0.05) is 35.0 Å². The van der Waals surface area contributed by atoms with Crippen LogP contribution in [0.2, 0.25) is 5.02 Å². The van der Waals surface area contributed by atoms with Gasteiger partial charge in [0.25, 0.3) is 5.91 Å². The third-order valence-corrected chi connectivity index (χ3v) is 8.37. The Morgan fingerprint density at radius 2 is 2.06 bits per heavy atom. The maximum absolute atomic E-state index is 13.2. The predicted molar refractivity (Wildman–Crippen MR) is 140 cm³/mol. The van der Waals surface area contributed by atoms with Gasteiger partial charge in [0.05, 0.1) is 12.6 Å². The van der Waals surface area contributed by atoms with Gasteiger partial charge >= 0.3 is 0 Å². The first kappa shape index (κ1) is 28.3. The van der Waals surface area contributed by atoms with Crippen LogP contribution in [0.25, 0.3) is 0 Å². The standard InChI is InChI=1S/C26H39ClN2O5S/c1-8-13-32-21-14-17(2)20(27)15-19(21)23(28-35(31)25(3,4)5)18-9-11-29(12-10-18)24(30)22-16-33-26(6,7)34-22/h8,14-15,18,22-23,28H,1,9-13,16H2,2-7H3/t22?,23-,35?/m1/s1. The number of ether oxygens (including phenoxy) is 3. The highest BCUT2D eigenvalue weighted by Gasteiger charge is 2.41. The maximum atomic E-state index is 13.2. The van der Waals surface area contributed by atoms with Crippen LogP contribution in [0.3, 0.4) is 0 Å². The lowest BCUT2D eigenvalue weighted by atomic mass is 9.85. The Bertz CT molecular complexity index is 912. The van der Waals surface area contributed by atoms with E-state index in [1.165, 1.54) is 0 Å². The second-order valence-corrected chi connectivity index (χ2v) is 13.1. The van der Waals surface area contributed by atoms with Gasteiger partial charge in [0.15, 0.2) is 11.9 Å². The molecule has 0 aromatic heterocycles. The van der Waals surface area contributed by atoms with Crippen molar-refractivity contribution in [3.8, 4) is 5.75 Å². The van der Waals surface area contributed by atoms with E-state index < -0.39 is 28.0 Å². The Kier molecular flexibility index (Phi) is 9.21. The minimum Gasteiger partial charge on any atom is -0.598 e. The summed E-state index contributed by atoms with van der Waals surface area (Å²) in [7, 11) is 0. The molecule has 9 heteroatoms. The fourth-order valence-corrected chi connectivity index (χ4v) is 5.43. The number of amides is 1. The van der Waals surface area contributed by atoms with Gasteiger partial charge in [-0.05, 0) is 78.0 Å². The molecule has 1 amide bonds. The number of piperidine rings is 1. The highest BCUT2D eigenvalue weighted by molar-refractivity contribution is 7.90. The number of nitrogens with zero attached hydrogens (tertiary/aromatic N) is 1. The summed E-state index contributed by atoms with van der Waals surface area (Å²) in [6.45, 7) is 17.0. The van der Waals surface area contributed by atoms with Crippen LogP contribution in [0, 0.1) is 12.8 Å². The van der Waals surface area contributed by atoms with Crippen molar-refractivity contribution in [2.24, 2.45) is 5.92 Å². The molecule has 2 unspecified atom stereocenters. The molecule has 0 bridgehead atoms. The fourth-order valence-electron chi connectivity index (χ4n) is 4.36. The van der Waals surface area contributed by atoms with Crippen molar-refractivity contribution in [2.45, 2.75) is 77.1 Å². The summed E-state index contributed by atoms with van der Waals surface area (Å²) in [5.74, 6) is 0.0575. The number of likely N-dealkylation sites (tertiary alicyclic amines) is 1. The number of hydrogen-bond acceptors (Lipinski definition) is 6. The number of halogens is 1. The number of hydrogen-bond donors (Lipinski definition) is 1. The molecule has 2 fully saturated rings. The second-order valence-electron chi connectivity index (χ2n) is 10.7. The molecule has 2 saturated heterocycles. The van der Waals surface area contributed by atoms with Crippen molar-refractivity contribution in [1.29, 1.82) is 0 Å². The summed E-state index contributed by atoms with van der Waals surface area (Å²) >= 11 is 5.22. The number of nitrogens with one attached hydrogen (secondary N) is 1. The first-order valence-electron chi connectivity index (χ1n) is 12.1. The van der Waals surface area contributed by atoms with Crippen LogP contribution in [0.4, 0.5) is 0 Å². The normalized spacial score (nSPS) is 22.6. The number of benzene rings is 1. The Morgan fingerprint density at radius 3 is 2.60 bits per heavy atom. The van der Waals surface area contributed by atoms with E-state index in [0.29, 0.717) is 30.5 Å². The van der Waals surface area contributed by atoms with Crippen LogP contribution < -0.4 is 9.46 Å². The van der Waals surface area contributed by atoms with Crippen molar-refractivity contribution in [2.75, 3.05) is 26.3 Å². The minimum absolute atomic E-state index is 0.0369. The monoisotopic (exact) mass is 526 g/mol. The Hall–Kier alpha value is -1.29. The zero-order valence-corrected chi connectivity index (χ0v) is 23.3. The van der Waals surface area contributed by atoms with Crippen LogP contribution in [0.1, 0.15) is 64.6 Å². The largest absolute Gasteiger partial charge is 0.598 e. The number of aryl methyl sites for hydroxylation is 1. The molecule has 0 spiro atoms. The van der Waals surface area contributed by atoms with E-state index in [0.717, 1.165) is 24.0 Å². The molecule has 0 aliphatic carbocycles. The summed E-state index contributed by atoms with van der Waals surface area (Å²) in [5, 5.41) is 0.632. The lowest BCUT2D eigenvalue weighted by Gasteiger charge is -2.38. The van der Waals surface area contributed by atoms with Crippen molar-refractivity contribution >= 4 is 28.9 Å². The first-order valence-corrected chi connectivity index (χ1v) is 13.7. The predicted octanol–water partition coefficient (Wildman–Crippen LogP) is 4.70. The van der Waals surface area contributed by atoms with Gasteiger partial charge in [-0.2, -0.15) is 0 Å². The quantitative estimate of drug-likeness (QED) is 0.390. The van der Waals surface area contributed by atoms with E-state index in [-0.39, 0.29) is 24.5 Å². The lowest BCUT2D eigenvalue weighted by molar-refractivity contribution is -0.161. The molecule has 0 saturated carbocycles. The van der Waals surface area contributed by atoms with Crippen molar-refractivity contribution in [3.05, 3.63) is 40.9 Å². The highest BCUT2D eigenvalue weighted by atomic mass is 35.5. The summed E-state index contributed by atoms with van der Waals surface area (Å²) in [4.78, 5) is 14.9. The van der Waals surface area contributed by atoms with Gasteiger partial charge < -0.3 is 23.7 Å². The molecule has 35 heavy (non-hydrogen) atoms. The van der Waals surface area contributed by atoms with Crippen LogP contribution in [0.15, 0.2) is 24.8 Å². The third kappa shape index (κ3) is 7.14. The third-order valence-electron chi connectivity index (χ3n) is 6.38. The molecule has 2 aliphatic heterocycles. The SMILES string of the molecule is C=CCOc1cc(C)c(Cl)cc1[C@H](N[S+]([O-])C(C)(C)C)C1CCN(C(=O)C2COC(C)(C)O2)CC1. The van der Waals surface area contributed by atoms with Gasteiger partial charge in [-0.1, -0.05) is 24.3 Å². The molecule has 3 atom stereocenters. The number of rotatable bonds is 8. The van der Waals surface area contributed by atoms with Gasteiger partial charge in [-0.15, -0.1) is 4.72 Å². The Morgan fingerprint density at radius 1 is 1.40 bits per heavy atom. The molecule has 1 aromatic carbocycles. The van der Waals surface area contributed by atoms with E-state index in [1.54, 1.807) is 6.08 Å². The smallest absolute Gasteiger partial charge is 0.254 e. The average Bonchev–Trinajstić information content (AvgIpc) is 3.16. The molecular formula is C26H39ClN2O5S. The molecule has 1 aromatic rings. The summed E-state index contributed by atoms with van der Waals surface area (Å²) < 4.78 is 33.5. The molecule has 1 N–H and O–H groups in total. The van der Waals surface area contributed by atoms with E-state index in [4.69, 9.17) is 25.8 Å². The lowest BCUT2D eigenvalue weighted by Crippen LogP contribution is -2.48. The Labute approximate surface area is 217 Å². The summed E-state index contributed by atoms with van der Waals surface area (Å²) in [5.41, 5.74) is 1.78. The average molecular weight is 527 g/mol. The maximum Gasteiger partial charge on any atom is 0.254 e. The fraction of sp³-hybridized carbons (Fsp3) is 0.654. The van der Waals surface area contributed by atoms with E-state index in [2.05, 4.69) is 11.3 Å². The Balaban J connectivity index is 1.82. The zero-order chi connectivity index (χ0) is 26.0. The van der Waals surface area contributed by atoms with Crippen LogP contribution in [0.5, 0.6) is 5.75 Å². The van der Waals surface area contributed by atoms with Gasteiger partial charge in [-0.3, -0.25) is 4.79 Å². The van der Waals surface area contributed by atoms with Crippen molar-refractivity contribution in [3.63, 3.8) is 0 Å². The first-order chi connectivity index (χ1) is 16.3. The van der Waals surface area contributed by atoms with E-state index in [1.807, 2.05) is 58.6 Å². The molecular weight excluding hydrogens is 488 g/mol. The number of carbonyl (C=O) groups is 1. The van der Waals surface area contributed by atoms with Gasteiger partial charge in [0.1, 0.15) is 17.1 Å². The highest BCUT2D eigenvalue weighted by Crippen LogP contribution is 2.40. The minimum atomic E-state index is -1.31. The topological polar surface area (TPSA) is 83.1 Å². The second kappa shape index (κ2) is 11.4. The van der Waals surface area contributed by atoms with Crippen LogP contribution in [-0.2, 0) is 25.6 Å². The van der Waals surface area contributed by atoms with Crippen molar-refractivity contribution < 1.29 is 23.6 Å². The zero-order valence-electron chi connectivity index (χ0n) is 21.7. The molecule has 0 radical (unpaired) electrons. The molecule has 2 aliphatic rings. The molecule has 7 nitrogen and oxygen atoms in total. The summed E-state index contributed by atoms with van der Waals surface area (Å²) in [6.07, 6.45) is 2.62. The molecule has 3 rings (SSSR count). The van der Waals surface area contributed by atoms with Crippen molar-refractivity contribution in [1.82, 2.24) is 9.62 Å². The van der Waals surface area contributed by atoms with Crippen LogP contribution >= 0.6 is 11.6 Å².